The zero-order valence-corrected chi connectivity index (χ0v) is 16.6. The molecule has 0 amide bonds. The molecule has 0 fully saturated rings. The molecule has 0 bridgehead atoms. The average molecular weight is 433 g/mol. The average Bonchev–Trinajstić information content (AvgIpc) is 3.37. The Hall–Kier alpha value is -4.32. The van der Waals surface area contributed by atoms with Gasteiger partial charge in [0.1, 0.15) is 0 Å². The van der Waals surface area contributed by atoms with E-state index in [4.69, 9.17) is 4.52 Å². The second kappa shape index (κ2) is 7.42. The van der Waals surface area contributed by atoms with Crippen molar-refractivity contribution in [3.8, 4) is 11.8 Å². The maximum absolute atomic E-state index is 13.0. The van der Waals surface area contributed by atoms with Crippen molar-refractivity contribution >= 4 is 28.1 Å². The molecule has 32 heavy (non-hydrogen) atoms. The van der Waals surface area contributed by atoms with Crippen molar-refractivity contribution in [2.75, 3.05) is 5.32 Å². The van der Waals surface area contributed by atoms with Gasteiger partial charge in [-0.15, -0.1) is 10.2 Å². The lowest BCUT2D eigenvalue weighted by Crippen LogP contribution is -2.05. The van der Waals surface area contributed by atoms with Gasteiger partial charge in [0.25, 0.3) is 0 Å². The van der Waals surface area contributed by atoms with Gasteiger partial charge in [-0.25, -0.2) is 0 Å². The minimum atomic E-state index is -4.44. The quantitative estimate of drug-likeness (QED) is 0.381. The Morgan fingerprint density at radius 1 is 1.00 bits per heavy atom. The third-order valence-corrected chi connectivity index (χ3v) is 4.92. The highest BCUT2D eigenvalue weighted by Crippen LogP contribution is 2.33. The highest BCUT2D eigenvalue weighted by molar-refractivity contribution is 5.94. The predicted molar refractivity (Wildman–Crippen MR) is 112 cm³/mol. The van der Waals surface area contributed by atoms with E-state index in [0.717, 1.165) is 17.7 Å². The van der Waals surface area contributed by atoms with Gasteiger partial charge in [-0.1, -0.05) is 29.3 Å². The zero-order valence-electron chi connectivity index (χ0n) is 16.6. The molecule has 6 nitrogen and oxygen atoms in total. The molecule has 0 atom stereocenters. The first-order chi connectivity index (χ1) is 15.4. The number of nitrogens with zero attached hydrogens (tertiary/aromatic N) is 4. The van der Waals surface area contributed by atoms with Crippen LogP contribution in [0.5, 0.6) is 0 Å². The van der Waals surface area contributed by atoms with E-state index in [1.54, 1.807) is 10.5 Å². The van der Waals surface area contributed by atoms with Crippen molar-refractivity contribution in [3.05, 3.63) is 83.3 Å². The van der Waals surface area contributed by atoms with E-state index in [-0.39, 0.29) is 5.69 Å². The number of hydrogen-bond acceptors (Lipinski definition) is 5. The van der Waals surface area contributed by atoms with Gasteiger partial charge >= 0.3 is 6.18 Å². The summed E-state index contributed by atoms with van der Waals surface area (Å²) in [7, 11) is 0. The number of pyridine rings is 1. The van der Waals surface area contributed by atoms with Gasteiger partial charge in [-0.2, -0.15) is 13.2 Å². The van der Waals surface area contributed by atoms with Gasteiger partial charge in [0.2, 0.25) is 5.82 Å². The number of aryl methyl sites for hydroxylation is 1. The molecule has 0 aliphatic heterocycles. The van der Waals surface area contributed by atoms with Gasteiger partial charge in [0.05, 0.1) is 16.5 Å². The number of hydrogen-bond donors (Lipinski definition) is 1. The number of nitrogens with one attached hydrogen (secondary N) is 1. The third-order valence-electron chi connectivity index (χ3n) is 4.92. The number of alkyl halides is 3. The summed E-state index contributed by atoms with van der Waals surface area (Å²) in [5.41, 5.74) is 2.08. The largest absolute Gasteiger partial charge is 0.416 e. The first-order valence-electron chi connectivity index (χ1n) is 9.55. The van der Waals surface area contributed by atoms with E-state index in [9.17, 15) is 13.2 Å². The Balaban J connectivity index is 1.53. The maximum Gasteiger partial charge on any atom is 0.416 e. The Morgan fingerprint density at radius 3 is 2.72 bits per heavy atom. The van der Waals surface area contributed by atoms with E-state index in [1.165, 1.54) is 12.1 Å². The maximum atomic E-state index is 13.0. The molecule has 3 aromatic heterocycles. The van der Waals surface area contributed by atoms with E-state index < -0.39 is 11.7 Å². The van der Waals surface area contributed by atoms with Crippen LogP contribution < -0.4 is 5.32 Å². The van der Waals surface area contributed by atoms with Crippen LogP contribution in [-0.4, -0.2) is 19.8 Å². The van der Waals surface area contributed by atoms with Crippen LogP contribution in [0.4, 0.5) is 24.7 Å². The SMILES string of the molecule is Cc1ccc2c(Nc3cccc(C(F)(F)F)c3)noc2c1C#Cc1nnc2ccccn12. The fourth-order valence-electron chi connectivity index (χ4n) is 3.30. The summed E-state index contributed by atoms with van der Waals surface area (Å²) in [5, 5.41) is 15.7. The number of halogens is 3. The van der Waals surface area contributed by atoms with Crippen LogP contribution in [0.1, 0.15) is 22.5 Å². The van der Waals surface area contributed by atoms with Crippen LogP contribution >= 0.6 is 0 Å². The molecule has 0 spiro atoms. The minimum absolute atomic E-state index is 0.248. The van der Waals surface area contributed by atoms with Gasteiger partial charge in [-0.05, 0) is 54.8 Å². The Morgan fingerprint density at radius 2 is 1.88 bits per heavy atom. The lowest BCUT2D eigenvalue weighted by molar-refractivity contribution is -0.137. The summed E-state index contributed by atoms with van der Waals surface area (Å²) < 4.78 is 46.3. The number of anilines is 2. The van der Waals surface area contributed by atoms with Crippen LogP contribution in [0, 0.1) is 18.8 Å². The fourth-order valence-corrected chi connectivity index (χ4v) is 3.30. The molecule has 0 saturated heterocycles. The van der Waals surface area contributed by atoms with Crippen molar-refractivity contribution in [1.82, 2.24) is 19.8 Å². The predicted octanol–water partition coefficient (Wildman–Crippen LogP) is 5.34. The highest BCUT2D eigenvalue weighted by Gasteiger charge is 2.30. The van der Waals surface area contributed by atoms with Gasteiger partial charge in [0, 0.05) is 11.9 Å². The Labute approximate surface area is 179 Å². The molecule has 0 unspecified atom stereocenters. The monoisotopic (exact) mass is 433 g/mol. The smallest absolute Gasteiger partial charge is 0.353 e. The number of aromatic nitrogens is 4. The zero-order chi connectivity index (χ0) is 22.3. The molecule has 5 aromatic rings. The van der Waals surface area contributed by atoms with Crippen molar-refractivity contribution in [3.63, 3.8) is 0 Å². The molecule has 158 valence electrons. The molecular formula is C23H14F3N5O. The Bertz CT molecular complexity index is 1520. The van der Waals surface area contributed by atoms with Crippen molar-refractivity contribution in [1.29, 1.82) is 0 Å². The van der Waals surface area contributed by atoms with Crippen molar-refractivity contribution < 1.29 is 17.7 Å². The lowest BCUT2D eigenvalue weighted by Gasteiger charge is -2.09. The number of fused-ring (bicyclic) bond motifs is 2. The van der Waals surface area contributed by atoms with E-state index >= 15 is 0 Å². The third kappa shape index (κ3) is 3.52. The van der Waals surface area contributed by atoms with Gasteiger partial charge in [-0.3, -0.25) is 4.40 Å². The first kappa shape index (κ1) is 19.6. The molecule has 0 aliphatic rings. The molecule has 1 N–H and O–H groups in total. The molecule has 0 saturated carbocycles. The topological polar surface area (TPSA) is 68.2 Å². The molecule has 9 heteroatoms. The van der Waals surface area contributed by atoms with Crippen LogP contribution in [-0.2, 0) is 6.18 Å². The second-order valence-corrected chi connectivity index (χ2v) is 7.07. The van der Waals surface area contributed by atoms with Gasteiger partial charge in [0.15, 0.2) is 17.0 Å². The highest BCUT2D eigenvalue weighted by atomic mass is 19.4. The number of rotatable bonds is 2. The van der Waals surface area contributed by atoms with Crippen LogP contribution in [0.3, 0.4) is 0 Å². The van der Waals surface area contributed by atoms with Crippen LogP contribution in [0.15, 0.2) is 65.3 Å². The van der Waals surface area contributed by atoms with E-state index in [0.29, 0.717) is 33.8 Å². The summed E-state index contributed by atoms with van der Waals surface area (Å²) >= 11 is 0. The number of benzene rings is 2. The summed E-state index contributed by atoms with van der Waals surface area (Å²) in [4.78, 5) is 0. The summed E-state index contributed by atoms with van der Waals surface area (Å²) in [6.45, 7) is 1.88. The summed E-state index contributed by atoms with van der Waals surface area (Å²) in [5.74, 6) is 6.85. The molecule has 5 rings (SSSR count). The van der Waals surface area contributed by atoms with Crippen LogP contribution in [0.25, 0.3) is 16.6 Å². The first-order valence-corrected chi connectivity index (χ1v) is 9.55. The normalized spacial score (nSPS) is 11.5. The van der Waals surface area contributed by atoms with E-state index in [1.807, 2.05) is 37.4 Å². The molecule has 0 aliphatic carbocycles. The van der Waals surface area contributed by atoms with Crippen LogP contribution in [0.2, 0.25) is 0 Å². The Kier molecular flexibility index (Phi) is 4.56. The molecule has 3 heterocycles. The van der Waals surface area contributed by atoms with Crippen molar-refractivity contribution in [2.24, 2.45) is 0 Å². The van der Waals surface area contributed by atoms with Crippen molar-refractivity contribution in [2.45, 2.75) is 13.1 Å². The molecular weight excluding hydrogens is 419 g/mol. The molecule has 2 aromatic carbocycles. The molecule has 0 radical (unpaired) electrons. The van der Waals surface area contributed by atoms with Gasteiger partial charge < -0.3 is 9.84 Å². The van der Waals surface area contributed by atoms with E-state index in [2.05, 4.69) is 32.5 Å². The fraction of sp³-hybridized carbons (Fsp3) is 0.0870. The second-order valence-electron chi connectivity index (χ2n) is 7.07. The summed E-state index contributed by atoms with van der Waals surface area (Å²) in [6, 6.07) is 14.1. The minimum Gasteiger partial charge on any atom is -0.353 e. The standard InChI is InChI=1S/C23H14F3N5O/c1-14-8-9-18-21(17(14)10-11-20-29-28-19-7-2-3-12-31(19)20)32-30-22(18)27-16-6-4-5-15(13-16)23(24,25)26/h2-9,12-13H,1H3,(H,27,30). The lowest BCUT2D eigenvalue weighted by atomic mass is 10.1. The summed E-state index contributed by atoms with van der Waals surface area (Å²) in [6.07, 6.45) is -2.62.